The number of hydrogen-bond donors (Lipinski definition) is 0. The number of para-hydroxylation sites is 1. The Balaban J connectivity index is 1.80. The number of benzene rings is 2. The molecule has 104 valence electrons. The Morgan fingerprint density at radius 3 is 2.52 bits per heavy atom. The summed E-state index contributed by atoms with van der Waals surface area (Å²) in [4.78, 5) is 13.7. The molecule has 0 aliphatic rings. The summed E-state index contributed by atoms with van der Waals surface area (Å²) >= 11 is 3.45. The molecule has 0 saturated heterocycles. The molecule has 3 aromatic rings. The molecular formula is C16H12BrN3O. The molecule has 0 aliphatic heterocycles. The normalized spacial score (nSPS) is 10.5. The maximum atomic E-state index is 12.3. The van der Waals surface area contributed by atoms with E-state index in [0.29, 0.717) is 12.1 Å². The van der Waals surface area contributed by atoms with Crippen molar-refractivity contribution < 1.29 is 4.79 Å². The standard InChI is InChI=1S/C16H12BrN3O/c17-14-9-5-4-6-12(14)10-16(21)15-11-18-20(19-15)13-7-2-1-3-8-13/h1-9,11H,10H2. The van der Waals surface area contributed by atoms with E-state index in [-0.39, 0.29) is 5.78 Å². The van der Waals surface area contributed by atoms with Crippen LogP contribution in [-0.2, 0) is 6.42 Å². The molecule has 0 saturated carbocycles. The van der Waals surface area contributed by atoms with Gasteiger partial charge in [-0.3, -0.25) is 4.79 Å². The van der Waals surface area contributed by atoms with Crippen LogP contribution in [0.2, 0.25) is 0 Å². The summed E-state index contributed by atoms with van der Waals surface area (Å²) in [6.07, 6.45) is 1.81. The highest BCUT2D eigenvalue weighted by Crippen LogP contribution is 2.17. The number of nitrogens with zero attached hydrogens (tertiary/aromatic N) is 3. The van der Waals surface area contributed by atoms with Crippen molar-refractivity contribution >= 4 is 21.7 Å². The summed E-state index contributed by atoms with van der Waals surface area (Å²) in [6.45, 7) is 0. The predicted molar refractivity (Wildman–Crippen MR) is 83.5 cm³/mol. The molecule has 2 aromatic carbocycles. The molecule has 0 radical (unpaired) electrons. The van der Waals surface area contributed by atoms with E-state index in [4.69, 9.17) is 0 Å². The molecule has 0 spiro atoms. The van der Waals surface area contributed by atoms with Gasteiger partial charge in [-0.1, -0.05) is 52.3 Å². The Morgan fingerprint density at radius 2 is 1.76 bits per heavy atom. The fourth-order valence-corrected chi connectivity index (χ4v) is 2.41. The Bertz CT molecular complexity index is 768. The first-order chi connectivity index (χ1) is 10.2. The third kappa shape index (κ3) is 3.08. The molecule has 3 rings (SSSR count). The maximum Gasteiger partial charge on any atom is 0.189 e. The van der Waals surface area contributed by atoms with Gasteiger partial charge in [0.05, 0.1) is 11.9 Å². The Labute approximate surface area is 130 Å². The van der Waals surface area contributed by atoms with E-state index in [1.165, 1.54) is 11.0 Å². The summed E-state index contributed by atoms with van der Waals surface area (Å²) in [6, 6.07) is 17.2. The maximum absolute atomic E-state index is 12.3. The van der Waals surface area contributed by atoms with Crippen molar-refractivity contribution in [2.75, 3.05) is 0 Å². The molecule has 1 aromatic heterocycles. The van der Waals surface area contributed by atoms with Gasteiger partial charge in [0.2, 0.25) is 0 Å². The number of hydrogen-bond acceptors (Lipinski definition) is 3. The van der Waals surface area contributed by atoms with Crippen molar-refractivity contribution in [1.29, 1.82) is 0 Å². The van der Waals surface area contributed by atoms with Crippen LogP contribution < -0.4 is 0 Å². The van der Waals surface area contributed by atoms with E-state index < -0.39 is 0 Å². The van der Waals surface area contributed by atoms with Gasteiger partial charge in [0, 0.05) is 10.9 Å². The lowest BCUT2D eigenvalue weighted by Crippen LogP contribution is -2.06. The van der Waals surface area contributed by atoms with Gasteiger partial charge in [-0.2, -0.15) is 9.90 Å². The zero-order chi connectivity index (χ0) is 14.7. The summed E-state index contributed by atoms with van der Waals surface area (Å²) in [5.74, 6) is -0.0518. The largest absolute Gasteiger partial charge is 0.292 e. The molecule has 0 fully saturated rings. The van der Waals surface area contributed by atoms with Crippen LogP contribution in [0.15, 0.2) is 65.3 Å². The van der Waals surface area contributed by atoms with Crippen molar-refractivity contribution in [2.24, 2.45) is 0 Å². The van der Waals surface area contributed by atoms with Gasteiger partial charge in [-0.05, 0) is 23.8 Å². The molecule has 0 aliphatic carbocycles. The average molecular weight is 342 g/mol. The number of Topliss-reactive ketones (excluding diaryl/α,β-unsaturated/α-hetero) is 1. The van der Waals surface area contributed by atoms with Crippen LogP contribution in [0.4, 0.5) is 0 Å². The SMILES string of the molecule is O=C(Cc1ccccc1Br)c1cnn(-c2ccccc2)n1. The first-order valence-corrected chi connectivity index (χ1v) is 7.28. The lowest BCUT2D eigenvalue weighted by Gasteiger charge is -2.01. The van der Waals surface area contributed by atoms with Crippen LogP contribution in [0.3, 0.4) is 0 Å². The molecule has 5 heteroatoms. The smallest absolute Gasteiger partial charge is 0.189 e. The minimum absolute atomic E-state index is 0.0518. The molecule has 0 bridgehead atoms. The van der Waals surface area contributed by atoms with Gasteiger partial charge in [0.15, 0.2) is 5.78 Å². The van der Waals surface area contributed by atoms with E-state index in [1.807, 2.05) is 54.6 Å². The molecule has 0 atom stereocenters. The number of carbonyl (C=O) groups excluding carboxylic acids is 1. The number of aromatic nitrogens is 3. The van der Waals surface area contributed by atoms with Crippen molar-refractivity contribution in [3.63, 3.8) is 0 Å². The Kier molecular flexibility index (Phi) is 3.92. The first-order valence-electron chi connectivity index (χ1n) is 6.48. The second-order valence-electron chi connectivity index (χ2n) is 4.55. The van der Waals surface area contributed by atoms with Crippen molar-refractivity contribution in [3.05, 3.63) is 76.5 Å². The number of rotatable bonds is 4. The summed E-state index contributed by atoms with van der Waals surface area (Å²) in [5.41, 5.74) is 2.14. The van der Waals surface area contributed by atoms with Gasteiger partial charge in [-0.25, -0.2) is 0 Å². The third-order valence-corrected chi connectivity index (χ3v) is 3.85. The second-order valence-corrected chi connectivity index (χ2v) is 5.40. The third-order valence-electron chi connectivity index (χ3n) is 3.07. The van der Waals surface area contributed by atoms with E-state index in [0.717, 1.165) is 15.7 Å². The van der Waals surface area contributed by atoms with Gasteiger partial charge in [-0.15, -0.1) is 5.10 Å². The summed E-state index contributed by atoms with van der Waals surface area (Å²) in [5, 5.41) is 8.39. The topological polar surface area (TPSA) is 47.8 Å². The molecule has 21 heavy (non-hydrogen) atoms. The first kappa shape index (κ1) is 13.7. The molecule has 4 nitrogen and oxygen atoms in total. The lowest BCUT2D eigenvalue weighted by atomic mass is 10.1. The van der Waals surface area contributed by atoms with Crippen molar-refractivity contribution in [1.82, 2.24) is 15.0 Å². The quantitative estimate of drug-likeness (QED) is 0.683. The summed E-state index contributed by atoms with van der Waals surface area (Å²) in [7, 11) is 0. The summed E-state index contributed by atoms with van der Waals surface area (Å²) < 4.78 is 0.925. The zero-order valence-corrected chi connectivity index (χ0v) is 12.7. The second kappa shape index (κ2) is 6.01. The Hall–Kier alpha value is -2.27. The van der Waals surface area contributed by atoms with Gasteiger partial charge in [0.1, 0.15) is 5.69 Å². The van der Waals surface area contributed by atoms with E-state index in [1.54, 1.807) is 0 Å². The molecule has 0 amide bonds. The monoisotopic (exact) mass is 341 g/mol. The van der Waals surface area contributed by atoms with Crippen molar-refractivity contribution in [3.8, 4) is 5.69 Å². The molecular weight excluding hydrogens is 330 g/mol. The minimum atomic E-state index is -0.0518. The van der Waals surface area contributed by atoms with Crippen molar-refractivity contribution in [2.45, 2.75) is 6.42 Å². The fourth-order valence-electron chi connectivity index (χ4n) is 1.98. The Morgan fingerprint density at radius 1 is 1.05 bits per heavy atom. The molecule has 0 unspecified atom stereocenters. The van der Waals surface area contributed by atoms with Gasteiger partial charge >= 0.3 is 0 Å². The highest BCUT2D eigenvalue weighted by atomic mass is 79.9. The lowest BCUT2D eigenvalue weighted by molar-refractivity contribution is 0.0987. The fraction of sp³-hybridized carbons (Fsp3) is 0.0625. The highest BCUT2D eigenvalue weighted by molar-refractivity contribution is 9.10. The zero-order valence-electron chi connectivity index (χ0n) is 11.1. The van der Waals surface area contributed by atoms with Gasteiger partial charge < -0.3 is 0 Å². The molecule has 0 N–H and O–H groups in total. The van der Waals surface area contributed by atoms with E-state index >= 15 is 0 Å². The number of carbonyl (C=O) groups is 1. The van der Waals surface area contributed by atoms with Crippen LogP contribution in [0.5, 0.6) is 0 Å². The van der Waals surface area contributed by atoms with E-state index in [2.05, 4.69) is 26.1 Å². The number of ketones is 1. The number of halogens is 1. The van der Waals surface area contributed by atoms with Gasteiger partial charge in [0.25, 0.3) is 0 Å². The van der Waals surface area contributed by atoms with Crippen LogP contribution in [-0.4, -0.2) is 20.8 Å². The van der Waals surface area contributed by atoms with Crippen LogP contribution in [0, 0.1) is 0 Å². The average Bonchev–Trinajstić information content (AvgIpc) is 3.00. The minimum Gasteiger partial charge on any atom is -0.292 e. The van der Waals surface area contributed by atoms with E-state index in [9.17, 15) is 4.79 Å². The predicted octanol–water partition coefficient (Wildman–Crippen LogP) is 3.46. The van der Waals surface area contributed by atoms with Crippen LogP contribution in [0.1, 0.15) is 16.1 Å². The van der Waals surface area contributed by atoms with Crippen LogP contribution >= 0.6 is 15.9 Å². The molecule has 1 heterocycles. The van der Waals surface area contributed by atoms with Crippen LogP contribution in [0.25, 0.3) is 5.69 Å². The highest BCUT2D eigenvalue weighted by Gasteiger charge is 2.13.